The second kappa shape index (κ2) is 17.6. The lowest BCUT2D eigenvalue weighted by molar-refractivity contribution is -0.148. The number of hydrogen-bond acceptors (Lipinski definition) is 10. The van der Waals surface area contributed by atoms with Crippen molar-refractivity contribution in [3.63, 3.8) is 0 Å². The van der Waals surface area contributed by atoms with Crippen LogP contribution in [-0.4, -0.2) is 76.3 Å². The molecule has 0 aliphatic carbocycles. The molecule has 1 aliphatic rings. The normalized spacial score (nSPS) is 21.9. The molecule has 1 saturated heterocycles. The summed E-state index contributed by atoms with van der Waals surface area (Å²) >= 11 is 0. The number of rotatable bonds is 9. The minimum absolute atomic E-state index is 0.0948. The van der Waals surface area contributed by atoms with E-state index in [1.54, 1.807) is 65.8 Å². The lowest BCUT2D eigenvalue weighted by atomic mass is 9.97. The highest BCUT2D eigenvalue weighted by molar-refractivity contribution is 8.77. The first-order valence-electron chi connectivity index (χ1n) is 16.0. The maximum atomic E-state index is 13.7. The van der Waals surface area contributed by atoms with Crippen LogP contribution in [0.1, 0.15) is 59.6 Å². The van der Waals surface area contributed by atoms with Crippen LogP contribution in [0.5, 0.6) is 5.75 Å². The van der Waals surface area contributed by atoms with Crippen molar-refractivity contribution >= 4 is 57.2 Å². The van der Waals surface area contributed by atoms with E-state index in [4.69, 9.17) is 9.47 Å². The average molecular weight is 715 g/mol. The van der Waals surface area contributed by atoms with Crippen LogP contribution < -0.4 is 26.0 Å². The minimum Gasteiger partial charge on any atom is -0.464 e. The minimum atomic E-state index is -1.11. The van der Waals surface area contributed by atoms with E-state index in [1.807, 2.05) is 30.3 Å². The number of esters is 2. The summed E-state index contributed by atoms with van der Waals surface area (Å²) in [6.45, 7) is 11.5. The zero-order chi connectivity index (χ0) is 36.4. The molecular weight excluding hydrogens is 669 g/mol. The first-order valence-corrected chi connectivity index (χ1v) is 18.2. The summed E-state index contributed by atoms with van der Waals surface area (Å²) in [5.74, 6) is -3.39. The molecule has 1 fully saturated rings. The SMILES string of the molecule is CCOC(=O)C1NC(=O)C(Cc2ccccc2)NC(=O)CNC(=O)C(NC(=O)C(C)Cc2ccc(OC(C)=O)cc2)C(C)(C)SSC1(C)C. The van der Waals surface area contributed by atoms with Gasteiger partial charge in [-0.1, -0.05) is 71.0 Å². The summed E-state index contributed by atoms with van der Waals surface area (Å²) < 4.78 is 8.49. The van der Waals surface area contributed by atoms with Gasteiger partial charge in [-0.15, -0.1) is 0 Å². The largest absolute Gasteiger partial charge is 0.464 e. The van der Waals surface area contributed by atoms with Crippen LogP contribution in [0.4, 0.5) is 0 Å². The zero-order valence-electron chi connectivity index (χ0n) is 28.9. The molecule has 14 heteroatoms. The molecule has 0 radical (unpaired) electrons. The Morgan fingerprint density at radius 3 is 2.14 bits per heavy atom. The Morgan fingerprint density at radius 2 is 1.53 bits per heavy atom. The number of ether oxygens (including phenoxy) is 2. The van der Waals surface area contributed by atoms with Crippen molar-refractivity contribution in [2.24, 2.45) is 5.92 Å². The Bertz CT molecular complexity index is 1500. The first kappa shape index (κ1) is 39.4. The van der Waals surface area contributed by atoms with Crippen molar-refractivity contribution in [3.05, 3.63) is 65.7 Å². The molecule has 12 nitrogen and oxygen atoms in total. The molecule has 3 rings (SSSR count). The fourth-order valence-electron chi connectivity index (χ4n) is 5.02. The van der Waals surface area contributed by atoms with E-state index < -0.39 is 69.7 Å². The van der Waals surface area contributed by atoms with E-state index in [-0.39, 0.29) is 18.9 Å². The van der Waals surface area contributed by atoms with E-state index in [1.165, 1.54) is 28.5 Å². The van der Waals surface area contributed by atoms with Gasteiger partial charge in [0, 0.05) is 24.0 Å². The van der Waals surface area contributed by atoms with Crippen LogP contribution >= 0.6 is 21.6 Å². The van der Waals surface area contributed by atoms with Gasteiger partial charge in [0.2, 0.25) is 23.6 Å². The third kappa shape index (κ3) is 11.8. The van der Waals surface area contributed by atoms with Gasteiger partial charge in [-0.3, -0.25) is 24.0 Å². The van der Waals surface area contributed by atoms with Gasteiger partial charge in [0.1, 0.15) is 23.9 Å². The van der Waals surface area contributed by atoms with Crippen molar-refractivity contribution in [1.82, 2.24) is 21.3 Å². The number of hydrogen-bond donors (Lipinski definition) is 4. The molecule has 4 atom stereocenters. The third-order valence-corrected chi connectivity index (χ3v) is 12.0. The smallest absolute Gasteiger partial charge is 0.330 e. The Kier molecular flexibility index (Phi) is 14.1. The molecule has 1 heterocycles. The molecule has 0 aromatic heterocycles. The van der Waals surface area contributed by atoms with Gasteiger partial charge in [0.15, 0.2) is 0 Å². The number of benzene rings is 2. The first-order chi connectivity index (χ1) is 23.0. The highest BCUT2D eigenvalue weighted by atomic mass is 33.1. The molecule has 2 aromatic rings. The van der Waals surface area contributed by atoms with Crippen molar-refractivity contribution in [1.29, 1.82) is 0 Å². The molecule has 0 spiro atoms. The van der Waals surface area contributed by atoms with Gasteiger partial charge < -0.3 is 30.7 Å². The Labute approximate surface area is 295 Å². The Morgan fingerprint density at radius 1 is 0.898 bits per heavy atom. The van der Waals surface area contributed by atoms with Gasteiger partial charge in [0.05, 0.1) is 17.9 Å². The Balaban J connectivity index is 1.88. The van der Waals surface area contributed by atoms with Crippen LogP contribution in [-0.2, 0) is 46.3 Å². The summed E-state index contributed by atoms with van der Waals surface area (Å²) in [6.07, 6.45) is 0.488. The second-order valence-corrected chi connectivity index (χ2v) is 16.3. The maximum Gasteiger partial charge on any atom is 0.330 e. The summed E-state index contributed by atoms with van der Waals surface area (Å²) in [5.41, 5.74) is 1.61. The van der Waals surface area contributed by atoms with E-state index in [9.17, 15) is 28.8 Å². The van der Waals surface area contributed by atoms with Gasteiger partial charge in [0.25, 0.3) is 0 Å². The molecule has 266 valence electrons. The molecule has 2 aromatic carbocycles. The number of nitrogens with one attached hydrogen (secondary N) is 4. The maximum absolute atomic E-state index is 13.7. The van der Waals surface area contributed by atoms with E-state index in [2.05, 4.69) is 21.3 Å². The van der Waals surface area contributed by atoms with Gasteiger partial charge in [-0.25, -0.2) is 4.79 Å². The fourth-order valence-corrected chi connectivity index (χ4v) is 7.82. The van der Waals surface area contributed by atoms with Crippen LogP contribution in [0.15, 0.2) is 54.6 Å². The Hall–Kier alpha value is -4.04. The second-order valence-electron chi connectivity index (χ2n) is 12.9. The van der Waals surface area contributed by atoms with Crippen LogP contribution in [0.25, 0.3) is 0 Å². The molecule has 0 saturated carbocycles. The molecule has 4 N–H and O–H groups in total. The standard InChI is InChI=1S/C35H46N4O8S2/c1-8-46-33(45)29-35(6,7)49-48-34(4,5)28(38-30(42)21(2)18-24-14-16-25(17-15-24)47-22(3)40)32(44)36-20-27(41)37-26(31(43)39-29)19-23-12-10-9-11-13-23/h9-17,21,26,28-29H,8,18-20H2,1-7H3,(H,36,44)(H,37,41)(H,38,42)(H,39,43). The number of carbonyl (C=O) groups excluding carboxylic acids is 6. The predicted octanol–water partition coefficient (Wildman–Crippen LogP) is 3.12. The highest BCUT2D eigenvalue weighted by Gasteiger charge is 2.44. The number of amides is 4. The monoisotopic (exact) mass is 714 g/mol. The van der Waals surface area contributed by atoms with Gasteiger partial charge >= 0.3 is 11.9 Å². The van der Waals surface area contributed by atoms with Gasteiger partial charge in [-0.2, -0.15) is 0 Å². The summed E-state index contributed by atoms with van der Waals surface area (Å²) in [6, 6.07) is 12.7. The van der Waals surface area contributed by atoms with Crippen molar-refractivity contribution in [3.8, 4) is 5.75 Å². The van der Waals surface area contributed by atoms with Crippen molar-refractivity contribution in [2.75, 3.05) is 13.2 Å². The lowest BCUT2D eigenvalue weighted by Crippen LogP contribution is -2.61. The summed E-state index contributed by atoms with van der Waals surface area (Å²) in [5, 5.41) is 11.1. The van der Waals surface area contributed by atoms with Crippen LogP contribution in [0.3, 0.4) is 0 Å². The third-order valence-electron chi connectivity index (χ3n) is 7.75. The van der Waals surface area contributed by atoms with Gasteiger partial charge in [-0.05, 0) is 64.3 Å². The molecule has 0 bridgehead atoms. The molecule has 1 aliphatic heterocycles. The average Bonchev–Trinajstić information content (AvgIpc) is 3.04. The predicted molar refractivity (Wildman–Crippen MR) is 190 cm³/mol. The molecule has 4 unspecified atom stereocenters. The fraction of sp³-hybridized carbons (Fsp3) is 0.486. The van der Waals surface area contributed by atoms with E-state index in [0.29, 0.717) is 12.2 Å². The molecule has 4 amide bonds. The van der Waals surface area contributed by atoms with Crippen molar-refractivity contribution < 1.29 is 38.2 Å². The number of carbonyl (C=O) groups is 6. The molecule has 49 heavy (non-hydrogen) atoms. The van der Waals surface area contributed by atoms with E-state index in [0.717, 1.165) is 11.1 Å². The highest BCUT2D eigenvalue weighted by Crippen LogP contribution is 2.47. The summed E-state index contributed by atoms with van der Waals surface area (Å²) in [7, 11) is 2.55. The van der Waals surface area contributed by atoms with Crippen LogP contribution in [0.2, 0.25) is 0 Å². The topological polar surface area (TPSA) is 169 Å². The van der Waals surface area contributed by atoms with Crippen LogP contribution in [0, 0.1) is 5.92 Å². The molecular formula is C35H46N4O8S2. The zero-order valence-corrected chi connectivity index (χ0v) is 30.5. The van der Waals surface area contributed by atoms with E-state index >= 15 is 0 Å². The lowest BCUT2D eigenvalue weighted by Gasteiger charge is -2.38. The van der Waals surface area contributed by atoms with Crippen molar-refractivity contribution in [2.45, 2.75) is 88.9 Å². The quantitative estimate of drug-likeness (QED) is 0.172. The summed E-state index contributed by atoms with van der Waals surface area (Å²) in [4.78, 5) is 78.5.